The van der Waals surface area contributed by atoms with Crippen LogP contribution in [0.1, 0.15) is 31.9 Å². The van der Waals surface area contributed by atoms with E-state index in [4.69, 9.17) is 0 Å². The van der Waals surface area contributed by atoms with Crippen LogP contribution in [0.25, 0.3) is 0 Å². The second-order valence-corrected chi connectivity index (χ2v) is 5.76. The van der Waals surface area contributed by atoms with Crippen LogP contribution < -0.4 is 0 Å². The molecule has 2 nitrogen and oxygen atoms in total. The van der Waals surface area contributed by atoms with E-state index in [1.54, 1.807) is 0 Å². The summed E-state index contributed by atoms with van der Waals surface area (Å²) in [5.41, 5.74) is 1.31. The van der Waals surface area contributed by atoms with Gasteiger partial charge in [-0.25, -0.2) is 0 Å². The molecule has 0 bridgehead atoms. The van der Waals surface area contributed by atoms with Gasteiger partial charge >= 0.3 is 0 Å². The number of nitrogens with zero attached hydrogens (tertiary/aromatic N) is 1. The molecule has 0 amide bonds. The second kappa shape index (κ2) is 5.32. The average Bonchev–Trinajstić information content (AvgIpc) is 2.33. The molecule has 1 aliphatic heterocycles. The zero-order valence-corrected chi connectivity index (χ0v) is 11.9. The van der Waals surface area contributed by atoms with Gasteiger partial charge in [0.25, 0.3) is 0 Å². The topological polar surface area (TPSA) is 20.3 Å². The van der Waals surface area contributed by atoms with E-state index in [1.165, 1.54) is 5.56 Å². The fraction of sp³-hybridized carbons (Fsp3) is 0.500. The number of hydrogen-bond acceptors (Lipinski definition) is 2. The highest BCUT2D eigenvalue weighted by Gasteiger charge is 2.26. The Bertz CT molecular complexity index is 401. The van der Waals surface area contributed by atoms with Crippen LogP contribution >= 0.6 is 15.9 Å². The third kappa shape index (κ3) is 2.96. The summed E-state index contributed by atoms with van der Waals surface area (Å²) in [4.78, 5) is 13.9. The molecule has 2 rings (SSSR count). The Morgan fingerprint density at radius 2 is 2.00 bits per heavy atom. The summed E-state index contributed by atoms with van der Waals surface area (Å²) in [6.45, 7) is 6.02. The third-order valence-electron chi connectivity index (χ3n) is 3.60. The Balaban J connectivity index is 2.07. The molecule has 1 heterocycles. The minimum Gasteiger partial charge on any atom is -0.299 e. The molecular formula is C14H18BrNO. The molecule has 17 heavy (non-hydrogen) atoms. The molecular weight excluding hydrogens is 278 g/mol. The zero-order valence-electron chi connectivity index (χ0n) is 10.3. The van der Waals surface area contributed by atoms with Gasteiger partial charge in [0, 0.05) is 35.9 Å². The summed E-state index contributed by atoms with van der Waals surface area (Å²) in [6, 6.07) is 8.83. The number of halogens is 1. The zero-order chi connectivity index (χ0) is 12.4. The van der Waals surface area contributed by atoms with E-state index in [0.29, 0.717) is 18.2 Å². The number of Topliss-reactive ketones (excluding diaryl/α,β-unsaturated/α-hetero) is 1. The van der Waals surface area contributed by atoms with Gasteiger partial charge in [-0.3, -0.25) is 9.69 Å². The normalized spacial score (nSPS) is 23.7. The van der Waals surface area contributed by atoms with E-state index < -0.39 is 0 Å². The number of benzene rings is 1. The van der Waals surface area contributed by atoms with Gasteiger partial charge in [-0.15, -0.1) is 0 Å². The van der Waals surface area contributed by atoms with E-state index in [-0.39, 0.29) is 5.92 Å². The van der Waals surface area contributed by atoms with Gasteiger partial charge in [-0.2, -0.15) is 0 Å². The molecule has 0 spiro atoms. The Morgan fingerprint density at radius 1 is 1.35 bits per heavy atom. The molecule has 0 aromatic heterocycles. The van der Waals surface area contributed by atoms with E-state index in [2.05, 4.69) is 52.0 Å². The number of ketones is 1. The van der Waals surface area contributed by atoms with Crippen molar-refractivity contribution in [1.29, 1.82) is 0 Å². The molecule has 1 saturated heterocycles. The van der Waals surface area contributed by atoms with Crippen molar-refractivity contribution in [3.8, 4) is 0 Å². The molecule has 1 fully saturated rings. The first kappa shape index (κ1) is 12.8. The molecule has 3 heteroatoms. The predicted molar refractivity (Wildman–Crippen MR) is 72.9 cm³/mol. The van der Waals surface area contributed by atoms with Gasteiger partial charge in [-0.05, 0) is 24.6 Å². The monoisotopic (exact) mass is 295 g/mol. The van der Waals surface area contributed by atoms with E-state index in [0.717, 1.165) is 17.6 Å². The van der Waals surface area contributed by atoms with Crippen LogP contribution in [0.5, 0.6) is 0 Å². The highest BCUT2D eigenvalue weighted by Crippen LogP contribution is 2.26. The minimum atomic E-state index is 0.182. The fourth-order valence-electron chi connectivity index (χ4n) is 2.35. The summed E-state index contributed by atoms with van der Waals surface area (Å²) in [6.07, 6.45) is 0.696. The maximum Gasteiger partial charge on any atom is 0.138 e. The molecule has 0 saturated carbocycles. The molecule has 1 aromatic carbocycles. The molecule has 2 unspecified atom stereocenters. The van der Waals surface area contributed by atoms with Gasteiger partial charge in [0.05, 0.1) is 0 Å². The lowest BCUT2D eigenvalue weighted by Crippen LogP contribution is -2.40. The van der Waals surface area contributed by atoms with E-state index in [9.17, 15) is 4.79 Å². The van der Waals surface area contributed by atoms with Crippen molar-refractivity contribution in [2.24, 2.45) is 5.92 Å². The van der Waals surface area contributed by atoms with Crippen LogP contribution in [-0.4, -0.2) is 23.8 Å². The lowest BCUT2D eigenvalue weighted by molar-refractivity contribution is -0.126. The quantitative estimate of drug-likeness (QED) is 0.833. The standard InChI is InChI=1S/C14H18BrNO/c1-10-9-16(8-7-14(10)17)11(2)12-3-5-13(15)6-4-12/h3-6,10-11H,7-9H2,1-2H3. The molecule has 2 atom stereocenters. The first-order chi connectivity index (χ1) is 8.08. The molecule has 92 valence electrons. The van der Waals surface area contributed by atoms with Crippen molar-refractivity contribution in [2.75, 3.05) is 13.1 Å². The predicted octanol–water partition coefficient (Wildman–Crippen LogP) is 3.42. The van der Waals surface area contributed by atoms with Crippen molar-refractivity contribution < 1.29 is 4.79 Å². The van der Waals surface area contributed by atoms with Crippen molar-refractivity contribution in [1.82, 2.24) is 4.90 Å². The minimum absolute atomic E-state index is 0.182. The molecule has 0 N–H and O–H groups in total. The summed E-state index contributed by atoms with van der Waals surface area (Å²) in [5.74, 6) is 0.589. The van der Waals surface area contributed by atoms with Gasteiger partial charge in [-0.1, -0.05) is 35.0 Å². The summed E-state index contributed by atoms with van der Waals surface area (Å²) in [7, 11) is 0. The van der Waals surface area contributed by atoms with Gasteiger partial charge in [0.15, 0.2) is 0 Å². The Kier molecular flexibility index (Phi) is 4.00. The van der Waals surface area contributed by atoms with Crippen molar-refractivity contribution in [2.45, 2.75) is 26.3 Å². The number of piperidine rings is 1. The second-order valence-electron chi connectivity index (χ2n) is 4.84. The van der Waals surface area contributed by atoms with Crippen molar-refractivity contribution in [3.05, 3.63) is 34.3 Å². The van der Waals surface area contributed by atoms with E-state index >= 15 is 0 Å². The van der Waals surface area contributed by atoms with Crippen LogP contribution in [-0.2, 0) is 4.79 Å². The number of hydrogen-bond donors (Lipinski definition) is 0. The van der Waals surface area contributed by atoms with Crippen LogP contribution in [0, 0.1) is 5.92 Å². The Morgan fingerprint density at radius 3 is 2.59 bits per heavy atom. The third-order valence-corrected chi connectivity index (χ3v) is 4.13. The van der Waals surface area contributed by atoms with Crippen molar-refractivity contribution in [3.63, 3.8) is 0 Å². The molecule has 1 aromatic rings. The SMILES string of the molecule is CC1CN(C(C)c2ccc(Br)cc2)CCC1=O. The van der Waals surface area contributed by atoms with Crippen LogP contribution in [0.15, 0.2) is 28.7 Å². The summed E-state index contributed by atoms with van der Waals surface area (Å²) in [5, 5.41) is 0. The van der Waals surface area contributed by atoms with Gasteiger partial charge in [0.2, 0.25) is 0 Å². The number of rotatable bonds is 2. The fourth-order valence-corrected chi connectivity index (χ4v) is 2.61. The molecule has 1 aliphatic rings. The lowest BCUT2D eigenvalue weighted by atomic mass is 9.95. The first-order valence-corrected chi connectivity index (χ1v) is 6.89. The number of carbonyl (C=O) groups excluding carboxylic acids is 1. The van der Waals surface area contributed by atoms with Crippen LogP contribution in [0.4, 0.5) is 0 Å². The summed E-state index contributed by atoms with van der Waals surface area (Å²) < 4.78 is 1.11. The smallest absolute Gasteiger partial charge is 0.138 e. The lowest BCUT2D eigenvalue weighted by Gasteiger charge is -2.35. The van der Waals surface area contributed by atoms with Gasteiger partial charge in [0.1, 0.15) is 5.78 Å². The van der Waals surface area contributed by atoms with E-state index in [1.807, 2.05) is 6.92 Å². The molecule has 0 radical (unpaired) electrons. The first-order valence-electron chi connectivity index (χ1n) is 6.10. The number of likely N-dealkylation sites (tertiary alicyclic amines) is 1. The maximum absolute atomic E-state index is 11.5. The largest absolute Gasteiger partial charge is 0.299 e. The van der Waals surface area contributed by atoms with Crippen molar-refractivity contribution >= 4 is 21.7 Å². The maximum atomic E-state index is 11.5. The highest BCUT2D eigenvalue weighted by molar-refractivity contribution is 9.10. The number of carbonyl (C=O) groups is 1. The Labute approximate surface area is 111 Å². The highest BCUT2D eigenvalue weighted by atomic mass is 79.9. The Hall–Kier alpha value is -0.670. The van der Waals surface area contributed by atoms with Crippen LogP contribution in [0.2, 0.25) is 0 Å². The average molecular weight is 296 g/mol. The van der Waals surface area contributed by atoms with Gasteiger partial charge < -0.3 is 0 Å². The summed E-state index contributed by atoms with van der Waals surface area (Å²) >= 11 is 3.45. The molecule has 0 aliphatic carbocycles. The van der Waals surface area contributed by atoms with Crippen LogP contribution in [0.3, 0.4) is 0 Å².